The summed E-state index contributed by atoms with van der Waals surface area (Å²) in [4.78, 5) is 38.2. The minimum Gasteiger partial charge on any atom is -0.462 e. The second-order valence-corrected chi connectivity index (χ2v) is 7.28. The van der Waals surface area contributed by atoms with Crippen molar-refractivity contribution in [3.05, 3.63) is 88.8 Å². The Morgan fingerprint density at radius 1 is 0.906 bits per heavy atom. The van der Waals surface area contributed by atoms with Gasteiger partial charge in [0.1, 0.15) is 5.75 Å². The molecule has 4 rings (SSSR count). The Labute approximate surface area is 184 Å². The molecule has 162 valence electrons. The van der Waals surface area contributed by atoms with Crippen LogP contribution in [-0.4, -0.2) is 28.1 Å². The molecule has 0 radical (unpaired) electrons. The minimum absolute atomic E-state index is 0.172. The van der Waals surface area contributed by atoms with E-state index in [1.54, 1.807) is 28.8 Å². The van der Waals surface area contributed by atoms with Crippen LogP contribution in [0.1, 0.15) is 23.7 Å². The van der Waals surface area contributed by atoms with E-state index in [0.717, 1.165) is 22.2 Å². The van der Waals surface area contributed by atoms with E-state index in [-0.39, 0.29) is 18.3 Å². The second-order valence-electron chi connectivity index (χ2n) is 7.28. The maximum Gasteiger partial charge on any atom is 0.338 e. The first-order valence-electron chi connectivity index (χ1n) is 10.2. The maximum atomic E-state index is 12.3. The van der Waals surface area contributed by atoms with Crippen LogP contribution in [0.4, 0.5) is 0 Å². The van der Waals surface area contributed by atoms with Crippen molar-refractivity contribution in [1.29, 1.82) is 0 Å². The summed E-state index contributed by atoms with van der Waals surface area (Å²) in [6.07, 6.45) is 0.528. The third-order valence-electron chi connectivity index (χ3n) is 5.01. The molecule has 0 fully saturated rings. The van der Waals surface area contributed by atoms with Gasteiger partial charge in [0.15, 0.2) is 0 Å². The molecule has 0 saturated heterocycles. The van der Waals surface area contributed by atoms with Crippen LogP contribution >= 0.6 is 0 Å². The predicted molar refractivity (Wildman–Crippen MR) is 121 cm³/mol. The van der Waals surface area contributed by atoms with Gasteiger partial charge in [-0.25, -0.2) is 9.59 Å². The number of benzene rings is 3. The molecule has 0 saturated carbocycles. The fourth-order valence-electron chi connectivity index (χ4n) is 3.48. The number of fused-ring (bicyclic) bond motifs is 1. The van der Waals surface area contributed by atoms with Gasteiger partial charge in [0.25, 0.3) is 0 Å². The van der Waals surface area contributed by atoms with Crippen molar-refractivity contribution in [1.82, 2.24) is 9.55 Å². The molecule has 4 aromatic rings. The molecule has 1 N–H and O–H groups in total. The van der Waals surface area contributed by atoms with Gasteiger partial charge in [-0.05, 0) is 53.9 Å². The summed E-state index contributed by atoms with van der Waals surface area (Å²) >= 11 is 0. The zero-order valence-electron chi connectivity index (χ0n) is 17.5. The van der Waals surface area contributed by atoms with Crippen molar-refractivity contribution in [2.24, 2.45) is 0 Å². The molecular formula is C25H22N2O5. The molecule has 3 aromatic carbocycles. The lowest BCUT2D eigenvalue weighted by molar-refractivity contribution is -0.131. The number of hydrogen-bond acceptors (Lipinski definition) is 5. The molecule has 0 atom stereocenters. The van der Waals surface area contributed by atoms with Gasteiger partial charge in [0.05, 0.1) is 23.2 Å². The number of aromatic amines is 1. The SMILES string of the molecule is CC(=O)Oc1ccc(-c2ccc(C(=O)OCCCn3c(=O)[nH]c4ccccc43)cc2)cc1. The van der Waals surface area contributed by atoms with E-state index in [1.807, 2.05) is 48.5 Å². The molecule has 7 heteroatoms. The highest BCUT2D eigenvalue weighted by atomic mass is 16.5. The molecule has 1 aromatic heterocycles. The summed E-state index contributed by atoms with van der Waals surface area (Å²) in [7, 11) is 0. The number of carbonyl (C=O) groups excluding carboxylic acids is 2. The van der Waals surface area contributed by atoms with Gasteiger partial charge >= 0.3 is 17.6 Å². The first-order chi connectivity index (χ1) is 15.5. The van der Waals surface area contributed by atoms with E-state index in [0.29, 0.717) is 24.3 Å². The number of H-pyrrole nitrogens is 1. The number of ether oxygens (including phenoxy) is 2. The molecule has 0 amide bonds. The lowest BCUT2D eigenvalue weighted by Crippen LogP contribution is -2.18. The Kier molecular flexibility index (Phi) is 6.17. The smallest absolute Gasteiger partial charge is 0.338 e. The fourth-order valence-corrected chi connectivity index (χ4v) is 3.48. The fraction of sp³-hybridized carbons (Fsp3) is 0.160. The summed E-state index contributed by atoms with van der Waals surface area (Å²) in [6.45, 7) is 2.02. The Hall–Kier alpha value is -4.13. The maximum absolute atomic E-state index is 12.3. The molecule has 7 nitrogen and oxygen atoms in total. The van der Waals surface area contributed by atoms with Gasteiger partial charge in [0.2, 0.25) is 0 Å². The Morgan fingerprint density at radius 3 is 2.25 bits per heavy atom. The zero-order chi connectivity index (χ0) is 22.5. The highest BCUT2D eigenvalue weighted by molar-refractivity contribution is 5.90. The Morgan fingerprint density at radius 2 is 1.56 bits per heavy atom. The van der Waals surface area contributed by atoms with E-state index < -0.39 is 5.97 Å². The van der Waals surface area contributed by atoms with Crippen molar-refractivity contribution < 1.29 is 19.1 Å². The molecular weight excluding hydrogens is 408 g/mol. The van der Waals surface area contributed by atoms with Crippen molar-refractivity contribution in [3.8, 4) is 16.9 Å². The number of carbonyl (C=O) groups is 2. The van der Waals surface area contributed by atoms with Gasteiger partial charge in [-0.3, -0.25) is 9.36 Å². The van der Waals surface area contributed by atoms with E-state index in [2.05, 4.69) is 4.98 Å². The van der Waals surface area contributed by atoms with Crippen molar-refractivity contribution >= 4 is 23.0 Å². The molecule has 0 spiro atoms. The van der Waals surface area contributed by atoms with Crippen LogP contribution in [-0.2, 0) is 16.1 Å². The standard InChI is InChI=1S/C25H22N2O5/c1-17(28)32-21-13-11-19(12-14-21)18-7-9-20(10-8-18)24(29)31-16-4-15-27-23-6-3-2-5-22(23)26-25(27)30/h2-3,5-14H,4,15-16H2,1H3,(H,26,30). The third-order valence-corrected chi connectivity index (χ3v) is 5.01. The van der Waals surface area contributed by atoms with Crippen LogP contribution in [0, 0.1) is 0 Å². The number of nitrogens with one attached hydrogen (secondary N) is 1. The molecule has 1 heterocycles. The average molecular weight is 430 g/mol. The highest BCUT2D eigenvalue weighted by Gasteiger charge is 2.09. The number of aryl methyl sites for hydroxylation is 1. The number of nitrogens with zero attached hydrogens (tertiary/aromatic N) is 1. The number of imidazole rings is 1. The summed E-state index contributed by atoms with van der Waals surface area (Å²) < 4.78 is 12.0. The van der Waals surface area contributed by atoms with E-state index in [4.69, 9.17) is 9.47 Å². The van der Waals surface area contributed by atoms with Crippen LogP contribution in [0.5, 0.6) is 5.75 Å². The minimum atomic E-state index is -0.409. The number of hydrogen-bond donors (Lipinski definition) is 1. The molecule has 32 heavy (non-hydrogen) atoms. The summed E-state index contributed by atoms with van der Waals surface area (Å²) in [5.74, 6) is -0.293. The molecule has 0 unspecified atom stereocenters. The summed E-state index contributed by atoms with van der Waals surface area (Å²) in [6, 6.07) is 21.7. The lowest BCUT2D eigenvalue weighted by atomic mass is 10.0. The van der Waals surface area contributed by atoms with Crippen molar-refractivity contribution in [3.63, 3.8) is 0 Å². The van der Waals surface area contributed by atoms with Crippen molar-refractivity contribution in [2.45, 2.75) is 19.9 Å². The lowest BCUT2D eigenvalue weighted by Gasteiger charge is -2.08. The van der Waals surface area contributed by atoms with Gasteiger partial charge in [-0.15, -0.1) is 0 Å². The Bertz CT molecular complexity index is 1300. The van der Waals surface area contributed by atoms with Crippen LogP contribution in [0.25, 0.3) is 22.2 Å². The quantitative estimate of drug-likeness (QED) is 0.270. The summed E-state index contributed by atoms with van der Waals surface area (Å²) in [5, 5.41) is 0. The van der Waals surface area contributed by atoms with E-state index in [9.17, 15) is 14.4 Å². The summed E-state index contributed by atoms with van der Waals surface area (Å²) in [5.41, 5.74) is 3.76. The first-order valence-corrected chi connectivity index (χ1v) is 10.2. The average Bonchev–Trinajstić information content (AvgIpc) is 3.12. The Balaban J connectivity index is 1.31. The molecule has 0 aliphatic carbocycles. The predicted octanol–water partition coefficient (Wildman–Crippen LogP) is 4.17. The van der Waals surface area contributed by atoms with Crippen molar-refractivity contribution in [2.75, 3.05) is 6.61 Å². The first kappa shape index (κ1) is 21.1. The van der Waals surface area contributed by atoms with E-state index in [1.165, 1.54) is 6.92 Å². The number of rotatable bonds is 7. The number of esters is 2. The van der Waals surface area contributed by atoms with E-state index >= 15 is 0 Å². The van der Waals surface area contributed by atoms with Crippen LogP contribution in [0.15, 0.2) is 77.6 Å². The largest absolute Gasteiger partial charge is 0.462 e. The number of aromatic nitrogens is 2. The van der Waals surface area contributed by atoms with Gasteiger partial charge in [-0.1, -0.05) is 36.4 Å². The zero-order valence-corrected chi connectivity index (χ0v) is 17.5. The molecule has 0 aliphatic rings. The van der Waals surface area contributed by atoms with Gasteiger partial charge in [-0.2, -0.15) is 0 Å². The highest BCUT2D eigenvalue weighted by Crippen LogP contribution is 2.23. The second kappa shape index (κ2) is 9.34. The third kappa shape index (κ3) is 4.78. The topological polar surface area (TPSA) is 90.4 Å². The normalized spacial score (nSPS) is 10.8. The molecule has 0 bridgehead atoms. The van der Waals surface area contributed by atoms with Gasteiger partial charge < -0.3 is 14.5 Å². The van der Waals surface area contributed by atoms with Gasteiger partial charge in [0, 0.05) is 13.5 Å². The van der Waals surface area contributed by atoms with Crippen LogP contribution in [0.3, 0.4) is 0 Å². The number of para-hydroxylation sites is 2. The van der Waals surface area contributed by atoms with Crippen LogP contribution < -0.4 is 10.4 Å². The monoisotopic (exact) mass is 430 g/mol. The molecule has 0 aliphatic heterocycles. The van der Waals surface area contributed by atoms with Crippen LogP contribution in [0.2, 0.25) is 0 Å².